The molecule has 5 heteroatoms. The highest BCUT2D eigenvalue weighted by Crippen LogP contribution is 2.19. The minimum absolute atomic E-state index is 0.228. The maximum atomic E-state index is 12.9. The zero-order valence-corrected chi connectivity index (χ0v) is 12.9. The van der Waals surface area contributed by atoms with Gasteiger partial charge in [-0.3, -0.25) is 0 Å². The van der Waals surface area contributed by atoms with Gasteiger partial charge in [-0.25, -0.2) is 9.37 Å². The molecule has 0 bridgehead atoms. The Bertz CT molecular complexity index is 559. The van der Waals surface area contributed by atoms with E-state index < -0.39 is 0 Å². The molecular weight excluding hydrogens is 297 g/mol. The molecule has 2 aromatic rings. The number of aromatic nitrogens is 1. The van der Waals surface area contributed by atoms with E-state index >= 15 is 0 Å². The van der Waals surface area contributed by atoms with Crippen LogP contribution in [0, 0.1) is 12.7 Å². The van der Waals surface area contributed by atoms with Gasteiger partial charge in [-0.2, -0.15) is 0 Å². The summed E-state index contributed by atoms with van der Waals surface area (Å²) < 4.78 is 18.6. The lowest BCUT2D eigenvalue weighted by Crippen LogP contribution is -2.00. The predicted molar refractivity (Wildman–Crippen MR) is 81.2 cm³/mol. The van der Waals surface area contributed by atoms with Crippen molar-refractivity contribution in [3.05, 3.63) is 45.7 Å². The first-order valence-corrected chi connectivity index (χ1v) is 7.98. The van der Waals surface area contributed by atoms with Crippen molar-refractivity contribution in [2.24, 2.45) is 0 Å². The second-order valence-electron chi connectivity index (χ2n) is 4.58. The van der Waals surface area contributed by atoms with E-state index in [1.807, 2.05) is 12.3 Å². The van der Waals surface area contributed by atoms with Crippen molar-refractivity contribution in [3.8, 4) is 5.75 Å². The summed E-state index contributed by atoms with van der Waals surface area (Å²) in [4.78, 5) is 4.41. The van der Waals surface area contributed by atoms with Crippen molar-refractivity contribution < 1.29 is 9.13 Å². The van der Waals surface area contributed by atoms with Crippen LogP contribution in [0.5, 0.6) is 5.75 Å². The first-order valence-electron chi connectivity index (χ1n) is 6.57. The molecule has 1 aromatic heterocycles. The first kappa shape index (κ1) is 15.3. The molecule has 0 N–H and O–H groups in total. The number of unbranched alkanes of at least 4 members (excludes halogenated alkanes) is 1. The van der Waals surface area contributed by atoms with E-state index in [0.29, 0.717) is 12.5 Å². The molecule has 0 amide bonds. The lowest BCUT2D eigenvalue weighted by Gasteiger charge is -2.08. The van der Waals surface area contributed by atoms with Crippen LogP contribution < -0.4 is 4.74 Å². The molecule has 0 aliphatic rings. The van der Waals surface area contributed by atoms with Gasteiger partial charge in [-0.1, -0.05) is 0 Å². The van der Waals surface area contributed by atoms with Crippen molar-refractivity contribution >= 4 is 22.9 Å². The Balaban J connectivity index is 1.68. The largest absolute Gasteiger partial charge is 0.493 e. The van der Waals surface area contributed by atoms with Crippen LogP contribution in [0.3, 0.4) is 0 Å². The highest BCUT2D eigenvalue weighted by molar-refractivity contribution is 7.09. The molecule has 0 radical (unpaired) electrons. The van der Waals surface area contributed by atoms with Crippen LogP contribution in [0.1, 0.15) is 29.1 Å². The number of alkyl halides is 1. The van der Waals surface area contributed by atoms with E-state index in [-0.39, 0.29) is 5.82 Å². The summed E-state index contributed by atoms with van der Waals surface area (Å²) in [7, 11) is 0. The van der Waals surface area contributed by atoms with Gasteiger partial charge in [0.25, 0.3) is 0 Å². The molecule has 0 aliphatic carbocycles. The Morgan fingerprint density at radius 1 is 1.35 bits per heavy atom. The van der Waals surface area contributed by atoms with Crippen LogP contribution in [-0.2, 0) is 12.3 Å². The van der Waals surface area contributed by atoms with Crippen LogP contribution in [0.2, 0.25) is 0 Å². The molecule has 108 valence electrons. The average Bonchev–Trinajstić information content (AvgIpc) is 2.88. The second-order valence-corrected chi connectivity index (χ2v) is 5.79. The van der Waals surface area contributed by atoms with Gasteiger partial charge in [0.1, 0.15) is 11.6 Å². The van der Waals surface area contributed by atoms with E-state index in [1.165, 1.54) is 12.1 Å². The third-order valence-corrected chi connectivity index (χ3v) is 4.15. The molecule has 0 saturated heterocycles. The SMILES string of the molecule is Cc1cc(F)ccc1OCCCCc1nc(CCl)cs1. The summed E-state index contributed by atoms with van der Waals surface area (Å²) in [6.07, 6.45) is 2.93. The van der Waals surface area contributed by atoms with Gasteiger partial charge in [0, 0.05) is 5.38 Å². The zero-order chi connectivity index (χ0) is 14.4. The van der Waals surface area contributed by atoms with Gasteiger partial charge in [0.2, 0.25) is 0 Å². The lowest BCUT2D eigenvalue weighted by molar-refractivity contribution is 0.304. The number of nitrogens with zero attached hydrogens (tertiary/aromatic N) is 1. The van der Waals surface area contributed by atoms with Gasteiger partial charge < -0.3 is 4.74 Å². The van der Waals surface area contributed by atoms with E-state index in [4.69, 9.17) is 16.3 Å². The topological polar surface area (TPSA) is 22.1 Å². The first-order chi connectivity index (χ1) is 9.69. The molecule has 0 fully saturated rings. The third kappa shape index (κ3) is 4.46. The quantitative estimate of drug-likeness (QED) is 0.544. The van der Waals surface area contributed by atoms with Crippen LogP contribution in [-0.4, -0.2) is 11.6 Å². The molecule has 0 saturated carbocycles. The zero-order valence-electron chi connectivity index (χ0n) is 11.4. The standard InChI is InChI=1S/C15H17ClFNOS/c1-11-8-12(17)5-6-14(11)19-7-3-2-4-15-18-13(9-16)10-20-15/h5-6,8,10H,2-4,7,9H2,1H3. The van der Waals surface area contributed by atoms with Crippen molar-refractivity contribution in [1.29, 1.82) is 0 Å². The maximum absolute atomic E-state index is 12.9. The number of halogens is 2. The molecule has 0 spiro atoms. The predicted octanol–water partition coefficient (Wildman–Crippen LogP) is 4.73. The number of rotatable bonds is 7. The molecule has 2 rings (SSSR count). The molecule has 2 nitrogen and oxygen atoms in total. The summed E-state index contributed by atoms with van der Waals surface area (Å²) in [5.74, 6) is 1.00. The van der Waals surface area contributed by atoms with Crippen molar-refractivity contribution in [2.75, 3.05) is 6.61 Å². The average molecular weight is 314 g/mol. The number of thiazole rings is 1. The maximum Gasteiger partial charge on any atom is 0.123 e. The van der Waals surface area contributed by atoms with E-state index in [0.717, 1.165) is 41.3 Å². The summed E-state index contributed by atoms with van der Waals surface area (Å²) in [6, 6.07) is 4.59. The Morgan fingerprint density at radius 3 is 2.90 bits per heavy atom. The molecule has 20 heavy (non-hydrogen) atoms. The Morgan fingerprint density at radius 2 is 2.20 bits per heavy atom. The van der Waals surface area contributed by atoms with Crippen LogP contribution in [0.15, 0.2) is 23.6 Å². The fourth-order valence-electron chi connectivity index (χ4n) is 1.86. The van der Waals surface area contributed by atoms with Crippen LogP contribution in [0.4, 0.5) is 4.39 Å². The molecule has 1 heterocycles. The third-order valence-electron chi connectivity index (χ3n) is 2.92. The minimum atomic E-state index is -0.228. The minimum Gasteiger partial charge on any atom is -0.493 e. The number of hydrogen-bond donors (Lipinski definition) is 0. The lowest BCUT2D eigenvalue weighted by atomic mass is 10.2. The van der Waals surface area contributed by atoms with Crippen LogP contribution in [0.25, 0.3) is 0 Å². The number of benzene rings is 1. The van der Waals surface area contributed by atoms with Gasteiger partial charge >= 0.3 is 0 Å². The fraction of sp³-hybridized carbons (Fsp3) is 0.400. The molecule has 0 unspecified atom stereocenters. The Labute approximate surface area is 127 Å². The van der Waals surface area contributed by atoms with E-state index in [9.17, 15) is 4.39 Å². The molecule has 1 aromatic carbocycles. The molecule has 0 aliphatic heterocycles. The monoisotopic (exact) mass is 313 g/mol. The summed E-state index contributed by atoms with van der Waals surface area (Å²) in [6.45, 7) is 2.49. The number of aryl methyl sites for hydroxylation is 2. The summed E-state index contributed by atoms with van der Waals surface area (Å²) in [5, 5.41) is 3.12. The van der Waals surface area contributed by atoms with Crippen LogP contribution >= 0.6 is 22.9 Å². The normalized spacial score (nSPS) is 10.8. The van der Waals surface area contributed by atoms with Crippen molar-refractivity contribution in [2.45, 2.75) is 32.1 Å². The van der Waals surface area contributed by atoms with Gasteiger partial charge in [-0.15, -0.1) is 22.9 Å². The second kappa shape index (κ2) is 7.60. The van der Waals surface area contributed by atoms with Crippen molar-refractivity contribution in [1.82, 2.24) is 4.98 Å². The Hall–Kier alpha value is -1.13. The van der Waals surface area contributed by atoms with E-state index in [1.54, 1.807) is 17.4 Å². The van der Waals surface area contributed by atoms with E-state index in [2.05, 4.69) is 4.98 Å². The molecule has 0 atom stereocenters. The smallest absolute Gasteiger partial charge is 0.123 e. The molecular formula is C15H17ClFNOS. The fourth-order valence-corrected chi connectivity index (χ4v) is 2.93. The van der Waals surface area contributed by atoms with Gasteiger partial charge in [0.15, 0.2) is 0 Å². The summed E-state index contributed by atoms with van der Waals surface area (Å²) in [5.41, 5.74) is 1.78. The highest BCUT2D eigenvalue weighted by Gasteiger charge is 2.03. The van der Waals surface area contributed by atoms with Gasteiger partial charge in [-0.05, 0) is 49.9 Å². The highest BCUT2D eigenvalue weighted by atomic mass is 35.5. The van der Waals surface area contributed by atoms with Crippen molar-refractivity contribution in [3.63, 3.8) is 0 Å². The number of ether oxygens (including phenoxy) is 1. The summed E-state index contributed by atoms with van der Waals surface area (Å²) >= 11 is 7.37. The Kier molecular flexibility index (Phi) is 5.80. The number of hydrogen-bond acceptors (Lipinski definition) is 3. The van der Waals surface area contributed by atoms with Gasteiger partial charge in [0.05, 0.1) is 23.2 Å².